The van der Waals surface area contributed by atoms with Crippen LogP contribution in [-0.4, -0.2) is 27.3 Å². The van der Waals surface area contributed by atoms with Crippen molar-refractivity contribution in [1.82, 2.24) is 15.0 Å². The van der Waals surface area contributed by atoms with E-state index in [1.807, 2.05) is 37.3 Å². The molecule has 0 amide bonds. The van der Waals surface area contributed by atoms with Crippen molar-refractivity contribution in [2.24, 2.45) is 0 Å². The number of benzene rings is 1. The van der Waals surface area contributed by atoms with Crippen LogP contribution in [-0.2, 0) is 0 Å². The zero-order valence-electron chi connectivity index (χ0n) is 11.1. The van der Waals surface area contributed by atoms with Gasteiger partial charge in [-0.15, -0.1) is 0 Å². The predicted octanol–water partition coefficient (Wildman–Crippen LogP) is 2.56. The van der Waals surface area contributed by atoms with Crippen LogP contribution < -0.4 is 5.32 Å². The molecule has 5 nitrogen and oxygen atoms in total. The summed E-state index contributed by atoms with van der Waals surface area (Å²) >= 11 is 0. The number of fused-ring (bicyclic) bond motifs is 1. The number of ketones is 1. The molecule has 2 aromatic heterocycles. The summed E-state index contributed by atoms with van der Waals surface area (Å²) in [5.41, 5.74) is 2.51. The molecule has 0 aliphatic heterocycles. The molecular formula is C15H14N4O. The Bertz CT molecular complexity index is 763. The summed E-state index contributed by atoms with van der Waals surface area (Å²) in [5, 5.41) is 3.89. The lowest BCUT2D eigenvalue weighted by molar-refractivity contribution is 0.101. The van der Waals surface area contributed by atoms with Gasteiger partial charge in [-0.1, -0.05) is 18.2 Å². The summed E-state index contributed by atoms with van der Waals surface area (Å²) in [5.74, 6) is 0.478. The number of carbonyl (C=O) groups excluding carboxylic acids is 1. The van der Waals surface area contributed by atoms with Gasteiger partial charge >= 0.3 is 0 Å². The van der Waals surface area contributed by atoms with Gasteiger partial charge in [-0.25, -0.2) is 9.97 Å². The number of aryl methyl sites for hydroxylation is 1. The third-order valence-electron chi connectivity index (χ3n) is 3.09. The van der Waals surface area contributed by atoms with Crippen LogP contribution in [0.25, 0.3) is 10.9 Å². The molecule has 0 aliphatic rings. The highest BCUT2D eigenvalue weighted by Gasteiger charge is 2.11. The van der Waals surface area contributed by atoms with E-state index in [1.165, 1.54) is 0 Å². The Kier molecular flexibility index (Phi) is 3.16. The van der Waals surface area contributed by atoms with Gasteiger partial charge in [-0.05, 0) is 19.1 Å². The summed E-state index contributed by atoms with van der Waals surface area (Å²) in [4.78, 5) is 23.6. The maximum atomic E-state index is 12.2. The van der Waals surface area contributed by atoms with Crippen molar-refractivity contribution < 1.29 is 4.79 Å². The number of carbonyl (C=O) groups is 1. The van der Waals surface area contributed by atoms with E-state index >= 15 is 0 Å². The van der Waals surface area contributed by atoms with Crippen molar-refractivity contribution in [3.63, 3.8) is 0 Å². The maximum absolute atomic E-state index is 12.2. The summed E-state index contributed by atoms with van der Waals surface area (Å²) in [6.07, 6.45) is 3.41. The number of nitrogens with one attached hydrogen (secondary N) is 2. The number of H-pyrrole nitrogens is 1. The average Bonchev–Trinajstić information content (AvgIpc) is 2.89. The summed E-state index contributed by atoms with van der Waals surface area (Å²) in [6.45, 7) is 2.06. The number of Topliss-reactive ketones (excluding diaryl/α,β-unsaturated/α-hetero) is 1. The number of aromatic nitrogens is 3. The molecule has 0 radical (unpaired) electrons. The minimum Gasteiger partial charge on any atom is -0.360 e. The second kappa shape index (κ2) is 5.13. The smallest absolute Gasteiger partial charge is 0.223 e. The Morgan fingerprint density at radius 1 is 1.30 bits per heavy atom. The van der Waals surface area contributed by atoms with Crippen LogP contribution in [0.1, 0.15) is 16.1 Å². The highest BCUT2D eigenvalue weighted by Crippen LogP contribution is 2.18. The van der Waals surface area contributed by atoms with Crippen LogP contribution in [0.15, 0.2) is 42.7 Å². The Hall–Kier alpha value is -2.69. The highest BCUT2D eigenvalue weighted by atomic mass is 16.1. The monoisotopic (exact) mass is 266 g/mol. The molecule has 1 aromatic carbocycles. The quantitative estimate of drug-likeness (QED) is 0.712. The molecule has 2 heterocycles. The first kappa shape index (κ1) is 12.3. The van der Waals surface area contributed by atoms with Crippen molar-refractivity contribution in [3.05, 3.63) is 54.0 Å². The van der Waals surface area contributed by atoms with Crippen LogP contribution >= 0.6 is 0 Å². The van der Waals surface area contributed by atoms with Gasteiger partial charge in [0.2, 0.25) is 5.95 Å². The minimum atomic E-state index is 0.00700. The molecule has 0 aliphatic carbocycles. The van der Waals surface area contributed by atoms with E-state index in [9.17, 15) is 4.79 Å². The predicted molar refractivity (Wildman–Crippen MR) is 77.9 cm³/mol. The van der Waals surface area contributed by atoms with Gasteiger partial charge in [0, 0.05) is 34.6 Å². The number of rotatable bonds is 4. The van der Waals surface area contributed by atoms with Gasteiger partial charge in [-0.3, -0.25) is 4.79 Å². The fourth-order valence-electron chi connectivity index (χ4n) is 2.09. The lowest BCUT2D eigenvalue weighted by atomic mass is 10.1. The molecular weight excluding hydrogens is 252 g/mol. The molecule has 0 fully saturated rings. The fraction of sp³-hybridized carbons (Fsp3) is 0.133. The SMILES string of the molecule is Cc1ccnc(NCC(=O)c2c[nH]c3ccccc23)n1. The van der Waals surface area contributed by atoms with E-state index in [1.54, 1.807) is 12.4 Å². The number of para-hydroxylation sites is 1. The zero-order valence-corrected chi connectivity index (χ0v) is 11.1. The Morgan fingerprint density at radius 3 is 3.00 bits per heavy atom. The maximum Gasteiger partial charge on any atom is 0.223 e. The molecule has 2 N–H and O–H groups in total. The van der Waals surface area contributed by atoms with E-state index in [4.69, 9.17) is 0 Å². The van der Waals surface area contributed by atoms with E-state index in [0.29, 0.717) is 11.5 Å². The van der Waals surface area contributed by atoms with Crippen LogP contribution in [0.5, 0.6) is 0 Å². The van der Waals surface area contributed by atoms with Crippen molar-refractivity contribution >= 4 is 22.6 Å². The van der Waals surface area contributed by atoms with E-state index in [-0.39, 0.29) is 12.3 Å². The van der Waals surface area contributed by atoms with Gasteiger partial charge in [0.15, 0.2) is 5.78 Å². The normalized spacial score (nSPS) is 10.7. The van der Waals surface area contributed by atoms with Crippen LogP contribution in [0.2, 0.25) is 0 Å². The molecule has 3 rings (SSSR count). The number of nitrogens with zero attached hydrogens (tertiary/aromatic N) is 2. The second-order valence-corrected chi connectivity index (χ2v) is 4.55. The Balaban J connectivity index is 1.76. The average molecular weight is 266 g/mol. The highest BCUT2D eigenvalue weighted by molar-refractivity contribution is 6.09. The number of anilines is 1. The standard InChI is InChI=1S/C15H14N4O/c1-10-6-7-16-15(19-10)18-9-14(20)12-8-17-13-5-3-2-4-11(12)13/h2-8,17H,9H2,1H3,(H,16,18,19). The molecule has 3 aromatic rings. The third-order valence-corrected chi connectivity index (χ3v) is 3.09. The molecule has 5 heteroatoms. The summed E-state index contributed by atoms with van der Waals surface area (Å²) < 4.78 is 0. The first-order chi connectivity index (χ1) is 9.74. The van der Waals surface area contributed by atoms with Crippen LogP contribution in [0.3, 0.4) is 0 Å². The van der Waals surface area contributed by atoms with Crippen LogP contribution in [0.4, 0.5) is 5.95 Å². The first-order valence-electron chi connectivity index (χ1n) is 6.37. The molecule has 0 bridgehead atoms. The molecule has 100 valence electrons. The zero-order chi connectivity index (χ0) is 13.9. The number of aromatic amines is 1. The Morgan fingerprint density at radius 2 is 2.15 bits per heavy atom. The molecule has 0 saturated heterocycles. The Labute approximate surface area is 116 Å². The van der Waals surface area contributed by atoms with E-state index in [2.05, 4.69) is 20.3 Å². The molecule has 0 unspecified atom stereocenters. The van der Waals surface area contributed by atoms with Crippen molar-refractivity contribution in [2.45, 2.75) is 6.92 Å². The lowest BCUT2D eigenvalue weighted by Gasteiger charge is -2.03. The second-order valence-electron chi connectivity index (χ2n) is 4.55. The molecule has 0 atom stereocenters. The first-order valence-corrected chi connectivity index (χ1v) is 6.37. The van der Waals surface area contributed by atoms with Gasteiger partial charge in [0.05, 0.1) is 6.54 Å². The summed E-state index contributed by atoms with van der Waals surface area (Å²) in [7, 11) is 0. The topological polar surface area (TPSA) is 70.7 Å². The van der Waals surface area contributed by atoms with E-state index < -0.39 is 0 Å². The van der Waals surface area contributed by atoms with Gasteiger partial charge in [0.1, 0.15) is 0 Å². The number of hydrogen-bond acceptors (Lipinski definition) is 4. The van der Waals surface area contributed by atoms with Gasteiger partial charge < -0.3 is 10.3 Å². The minimum absolute atomic E-state index is 0.00700. The van der Waals surface area contributed by atoms with Crippen molar-refractivity contribution in [3.8, 4) is 0 Å². The summed E-state index contributed by atoms with van der Waals surface area (Å²) in [6, 6.07) is 9.55. The van der Waals surface area contributed by atoms with E-state index in [0.717, 1.165) is 16.6 Å². The van der Waals surface area contributed by atoms with Crippen molar-refractivity contribution in [2.75, 3.05) is 11.9 Å². The largest absolute Gasteiger partial charge is 0.360 e. The van der Waals surface area contributed by atoms with Crippen molar-refractivity contribution in [1.29, 1.82) is 0 Å². The molecule has 0 saturated carbocycles. The third kappa shape index (κ3) is 2.38. The lowest BCUT2D eigenvalue weighted by Crippen LogP contribution is -2.15. The molecule has 0 spiro atoms. The van der Waals surface area contributed by atoms with Gasteiger partial charge in [-0.2, -0.15) is 0 Å². The van der Waals surface area contributed by atoms with Gasteiger partial charge in [0.25, 0.3) is 0 Å². The van der Waals surface area contributed by atoms with Crippen LogP contribution in [0, 0.1) is 6.92 Å². The molecule has 20 heavy (non-hydrogen) atoms. The fourth-order valence-corrected chi connectivity index (χ4v) is 2.09. The number of hydrogen-bond donors (Lipinski definition) is 2.